The third-order valence-corrected chi connectivity index (χ3v) is 3.83. The van der Waals surface area contributed by atoms with Crippen LogP contribution in [0.1, 0.15) is 39.0 Å². The molecule has 1 unspecified atom stereocenters. The fourth-order valence-corrected chi connectivity index (χ4v) is 2.46. The maximum Gasteiger partial charge on any atom is 0.315 e. The van der Waals surface area contributed by atoms with Crippen molar-refractivity contribution in [2.24, 2.45) is 5.92 Å². The monoisotopic (exact) mass is 271 g/mol. The fourth-order valence-electron chi connectivity index (χ4n) is 2.46. The number of rotatable bonds is 6. The van der Waals surface area contributed by atoms with Crippen molar-refractivity contribution in [3.05, 3.63) is 0 Å². The second-order valence-corrected chi connectivity index (χ2v) is 6.01. The number of carbonyl (C=O) groups is 1. The molecule has 1 atom stereocenters. The molecular formula is C14H29N3O2. The average Bonchev–Trinajstić information content (AvgIpc) is 2.37. The molecule has 5 nitrogen and oxygen atoms in total. The van der Waals surface area contributed by atoms with E-state index in [1.165, 1.54) is 0 Å². The summed E-state index contributed by atoms with van der Waals surface area (Å²) in [5, 5.41) is 15.1. The molecule has 1 aliphatic carbocycles. The van der Waals surface area contributed by atoms with Crippen LogP contribution in [0, 0.1) is 5.92 Å². The van der Waals surface area contributed by atoms with Gasteiger partial charge in [-0.3, -0.25) is 0 Å². The molecule has 1 saturated carbocycles. The summed E-state index contributed by atoms with van der Waals surface area (Å²) in [6, 6.07) is 0.402. The van der Waals surface area contributed by atoms with Crippen LogP contribution >= 0.6 is 0 Å². The predicted octanol–water partition coefficient (Wildman–Crippen LogP) is 1.18. The lowest BCUT2D eigenvalue weighted by molar-refractivity contribution is 0.174. The molecule has 1 aliphatic rings. The molecule has 0 radical (unpaired) electrons. The summed E-state index contributed by atoms with van der Waals surface area (Å²) in [5.74, 6) is 0.431. The van der Waals surface area contributed by atoms with E-state index in [2.05, 4.69) is 15.5 Å². The number of hydrogen-bond acceptors (Lipinski definition) is 3. The lowest BCUT2D eigenvalue weighted by Crippen LogP contribution is -2.47. The molecule has 0 aromatic carbocycles. The Morgan fingerprint density at radius 1 is 1.32 bits per heavy atom. The van der Waals surface area contributed by atoms with Crippen molar-refractivity contribution in [1.82, 2.24) is 15.5 Å². The molecule has 0 saturated heterocycles. The number of nitrogens with one attached hydrogen (secondary N) is 2. The highest BCUT2D eigenvalue weighted by molar-refractivity contribution is 5.74. The maximum absolute atomic E-state index is 11.8. The van der Waals surface area contributed by atoms with Gasteiger partial charge in [0.25, 0.3) is 0 Å². The molecule has 19 heavy (non-hydrogen) atoms. The minimum atomic E-state index is -0.0568. The van der Waals surface area contributed by atoms with Crippen molar-refractivity contribution in [2.45, 2.75) is 51.1 Å². The van der Waals surface area contributed by atoms with Gasteiger partial charge in [0.1, 0.15) is 0 Å². The summed E-state index contributed by atoms with van der Waals surface area (Å²) in [6.07, 6.45) is 4.93. The third-order valence-electron chi connectivity index (χ3n) is 3.83. The van der Waals surface area contributed by atoms with Gasteiger partial charge in [-0.25, -0.2) is 4.79 Å². The first-order chi connectivity index (χ1) is 9.01. The normalized spacial score (nSPS) is 25.1. The molecule has 0 aliphatic heterocycles. The van der Waals surface area contributed by atoms with Gasteiger partial charge in [-0.2, -0.15) is 0 Å². The Kier molecular flexibility index (Phi) is 7.16. The van der Waals surface area contributed by atoms with Crippen LogP contribution in [0.5, 0.6) is 0 Å². The van der Waals surface area contributed by atoms with Gasteiger partial charge in [0, 0.05) is 18.7 Å². The number of carbonyl (C=O) groups excluding carboxylic acids is 1. The first-order valence-electron chi connectivity index (χ1n) is 7.34. The van der Waals surface area contributed by atoms with Crippen molar-refractivity contribution >= 4 is 6.03 Å². The van der Waals surface area contributed by atoms with E-state index in [0.717, 1.165) is 38.6 Å². The Morgan fingerprint density at radius 3 is 2.47 bits per heavy atom. The van der Waals surface area contributed by atoms with E-state index in [0.29, 0.717) is 5.92 Å². The summed E-state index contributed by atoms with van der Waals surface area (Å²) in [4.78, 5) is 13.9. The van der Waals surface area contributed by atoms with Crippen LogP contribution in [0.2, 0.25) is 0 Å². The fraction of sp³-hybridized carbons (Fsp3) is 0.929. The van der Waals surface area contributed by atoms with Crippen molar-refractivity contribution in [3.63, 3.8) is 0 Å². The quantitative estimate of drug-likeness (QED) is 0.679. The van der Waals surface area contributed by atoms with Crippen LogP contribution in [-0.2, 0) is 0 Å². The van der Waals surface area contributed by atoms with E-state index in [1.54, 1.807) is 0 Å². The number of nitrogens with zero attached hydrogens (tertiary/aromatic N) is 1. The van der Waals surface area contributed by atoms with Gasteiger partial charge in [-0.1, -0.05) is 0 Å². The van der Waals surface area contributed by atoms with Gasteiger partial charge in [-0.05, 0) is 65.6 Å². The molecule has 0 bridgehead atoms. The van der Waals surface area contributed by atoms with Crippen LogP contribution < -0.4 is 10.6 Å². The lowest BCUT2D eigenvalue weighted by Gasteiger charge is -2.28. The Balaban J connectivity index is 2.17. The summed E-state index contributed by atoms with van der Waals surface area (Å²) in [7, 11) is 4.07. The molecule has 0 heterocycles. The Hall–Kier alpha value is -0.810. The first kappa shape index (κ1) is 16.2. The molecule has 1 fully saturated rings. The predicted molar refractivity (Wildman–Crippen MR) is 77.1 cm³/mol. The Bertz CT molecular complexity index is 263. The number of aliphatic hydroxyl groups is 1. The molecule has 3 N–H and O–H groups in total. The first-order valence-corrected chi connectivity index (χ1v) is 7.34. The van der Waals surface area contributed by atoms with Crippen LogP contribution in [-0.4, -0.2) is 55.4 Å². The summed E-state index contributed by atoms with van der Waals surface area (Å²) in [5.41, 5.74) is 0. The minimum absolute atomic E-state index is 0.0568. The van der Waals surface area contributed by atoms with Gasteiger partial charge in [0.2, 0.25) is 0 Å². The van der Waals surface area contributed by atoms with E-state index in [9.17, 15) is 4.79 Å². The second-order valence-electron chi connectivity index (χ2n) is 6.01. The SMILES string of the molecule is CC(CCN(C)C)NC(=O)NC1CCC(CO)CC1. The molecule has 2 amide bonds. The van der Waals surface area contributed by atoms with Gasteiger partial charge in [0.15, 0.2) is 0 Å². The summed E-state index contributed by atoms with van der Waals surface area (Å²) in [6.45, 7) is 3.29. The highest BCUT2D eigenvalue weighted by Crippen LogP contribution is 2.23. The molecule has 112 valence electrons. The van der Waals surface area contributed by atoms with Gasteiger partial charge >= 0.3 is 6.03 Å². The number of amides is 2. The molecule has 0 aromatic rings. The van der Waals surface area contributed by atoms with E-state index in [-0.39, 0.29) is 24.7 Å². The number of urea groups is 1. The zero-order chi connectivity index (χ0) is 14.3. The third kappa shape index (κ3) is 6.78. The highest BCUT2D eigenvalue weighted by Gasteiger charge is 2.22. The molecule has 1 rings (SSSR count). The van der Waals surface area contributed by atoms with Crippen molar-refractivity contribution in [3.8, 4) is 0 Å². The van der Waals surface area contributed by atoms with Crippen molar-refractivity contribution < 1.29 is 9.90 Å². The van der Waals surface area contributed by atoms with E-state index in [4.69, 9.17) is 5.11 Å². The number of aliphatic hydroxyl groups excluding tert-OH is 1. The summed E-state index contributed by atoms with van der Waals surface area (Å²) < 4.78 is 0. The minimum Gasteiger partial charge on any atom is -0.396 e. The molecular weight excluding hydrogens is 242 g/mol. The van der Waals surface area contributed by atoms with Crippen LogP contribution in [0.25, 0.3) is 0 Å². The second kappa shape index (κ2) is 8.38. The van der Waals surface area contributed by atoms with Gasteiger partial charge in [0.05, 0.1) is 0 Å². The van der Waals surface area contributed by atoms with Crippen molar-refractivity contribution in [1.29, 1.82) is 0 Å². The van der Waals surface area contributed by atoms with Gasteiger partial charge in [-0.15, -0.1) is 0 Å². The van der Waals surface area contributed by atoms with Crippen LogP contribution in [0.4, 0.5) is 4.79 Å². The average molecular weight is 271 g/mol. The maximum atomic E-state index is 11.8. The molecule has 0 spiro atoms. The smallest absolute Gasteiger partial charge is 0.315 e. The molecule has 5 heteroatoms. The zero-order valence-electron chi connectivity index (χ0n) is 12.5. The highest BCUT2D eigenvalue weighted by atomic mass is 16.3. The van der Waals surface area contributed by atoms with E-state index < -0.39 is 0 Å². The van der Waals surface area contributed by atoms with E-state index >= 15 is 0 Å². The van der Waals surface area contributed by atoms with Crippen molar-refractivity contribution in [2.75, 3.05) is 27.2 Å². The molecule has 0 aromatic heterocycles. The largest absolute Gasteiger partial charge is 0.396 e. The van der Waals surface area contributed by atoms with Crippen LogP contribution in [0.3, 0.4) is 0 Å². The van der Waals surface area contributed by atoms with Gasteiger partial charge < -0.3 is 20.6 Å². The van der Waals surface area contributed by atoms with E-state index in [1.807, 2.05) is 21.0 Å². The standard InChI is InChI=1S/C14H29N3O2/c1-11(8-9-17(2)3)15-14(19)16-13-6-4-12(10-18)5-7-13/h11-13,18H,4-10H2,1-3H3,(H2,15,16,19). The number of hydrogen-bond donors (Lipinski definition) is 3. The zero-order valence-corrected chi connectivity index (χ0v) is 12.5. The Morgan fingerprint density at radius 2 is 1.95 bits per heavy atom. The summed E-state index contributed by atoms with van der Waals surface area (Å²) >= 11 is 0. The van der Waals surface area contributed by atoms with Crippen LogP contribution in [0.15, 0.2) is 0 Å². The topological polar surface area (TPSA) is 64.6 Å². The lowest BCUT2D eigenvalue weighted by atomic mass is 9.87. The Labute approximate surface area is 116 Å².